The van der Waals surface area contributed by atoms with Crippen molar-refractivity contribution >= 4 is 46.0 Å². The summed E-state index contributed by atoms with van der Waals surface area (Å²) in [5, 5.41) is 19.0. The first-order chi connectivity index (χ1) is 26.4. The predicted molar refractivity (Wildman–Crippen MR) is 198 cm³/mol. The van der Waals surface area contributed by atoms with Crippen molar-refractivity contribution in [2.45, 2.75) is 0 Å². The van der Waals surface area contributed by atoms with Crippen LogP contribution < -0.4 is 14.5 Å². The van der Waals surface area contributed by atoms with E-state index in [-0.39, 0.29) is 18.1 Å². The van der Waals surface area contributed by atoms with Gasteiger partial charge in [-0.05, 0) is 36.4 Å². The Balaban J connectivity index is 0.000000167. The van der Waals surface area contributed by atoms with Crippen molar-refractivity contribution < 1.29 is 38.7 Å². The lowest BCUT2D eigenvalue weighted by Crippen LogP contribution is -2.37. The number of carboxylic acid groups (broad SMARTS) is 1. The molecule has 54 heavy (non-hydrogen) atoms. The van der Waals surface area contributed by atoms with Crippen LogP contribution in [0.15, 0.2) is 73.1 Å². The van der Waals surface area contributed by atoms with Gasteiger partial charge in [-0.25, -0.2) is 34.7 Å². The molecule has 2 aliphatic rings. The van der Waals surface area contributed by atoms with Crippen LogP contribution in [-0.4, -0.2) is 119 Å². The van der Waals surface area contributed by atoms with Gasteiger partial charge in [0.15, 0.2) is 36.4 Å². The first-order valence-corrected chi connectivity index (χ1v) is 17.1. The van der Waals surface area contributed by atoms with Crippen LogP contribution >= 0.6 is 0 Å². The highest BCUT2D eigenvalue weighted by atomic mass is 16.7. The van der Waals surface area contributed by atoms with Crippen molar-refractivity contribution in [3.63, 3.8) is 0 Å². The summed E-state index contributed by atoms with van der Waals surface area (Å²) >= 11 is 0. The highest BCUT2D eigenvalue weighted by Crippen LogP contribution is 2.30. The predicted octanol–water partition coefficient (Wildman–Crippen LogP) is 4.26. The summed E-state index contributed by atoms with van der Waals surface area (Å²) in [5.74, 6) is 2.02. The number of aromatic nitrogens is 6. The zero-order valence-electron chi connectivity index (χ0n) is 29.3. The first-order valence-electron chi connectivity index (χ1n) is 17.1. The minimum atomic E-state index is -1.06. The minimum absolute atomic E-state index is 0.0611. The molecule has 2 saturated heterocycles. The van der Waals surface area contributed by atoms with E-state index in [0.29, 0.717) is 95.9 Å². The van der Waals surface area contributed by atoms with Crippen LogP contribution in [0.25, 0.3) is 44.8 Å². The maximum absolute atomic E-state index is 11.3. The van der Waals surface area contributed by atoms with Crippen molar-refractivity contribution in [3.8, 4) is 34.3 Å². The second kappa shape index (κ2) is 16.5. The molecule has 0 spiro atoms. The van der Waals surface area contributed by atoms with Crippen LogP contribution in [0.4, 0.5) is 11.6 Å². The van der Waals surface area contributed by atoms with Crippen LogP contribution in [0.1, 0.15) is 20.7 Å². The van der Waals surface area contributed by atoms with Gasteiger partial charge in [0, 0.05) is 62.4 Å². The minimum Gasteiger partial charge on any atom is -0.508 e. The summed E-state index contributed by atoms with van der Waals surface area (Å²) in [6.07, 6.45) is 3.62. The second-order valence-electron chi connectivity index (χ2n) is 12.2. The molecule has 0 aliphatic carbocycles. The van der Waals surface area contributed by atoms with Gasteiger partial charge >= 0.3 is 5.97 Å². The van der Waals surface area contributed by atoms with Gasteiger partial charge in [0.1, 0.15) is 22.5 Å². The van der Waals surface area contributed by atoms with E-state index in [1.807, 2.05) is 29.2 Å². The van der Waals surface area contributed by atoms with E-state index < -0.39 is 5.97 Å². The number of aromatic carboxylic acids is 1. The number of carbonyl (C=O) groups is 2. The molecule has 2 aliphatic heterocycles. The number of rotatable bonds is 9. The van der Waals surface area contributed by atoms with E-state index in [2.05, 4.69) is 29.8 Å². The van der Waals surface area contributed by atoms with Gasteiger partial charge in [-0.3, -0.25) is 4.79 Å². The fourth-order valence-electron chi connectivity index (χ4n) is 5.95. The number of phenols is 1. The number of nitrogens with zero attached hydrogens (tertiary/aromatic N) is 8. The summed E-state index contributed by atoms with van der Waals surface area (Å²) in [5.41, 5.74) is 4.26. The molecule has 6 aromatic rings. The van der Waals surface area contributed by atoms with Gasteiger partial charge in [-0.1, -0.05) is 24.3 Å². The average Bonchev–Trinajstić information content (AvgIpc) is 3.22. The van der Waals surface area contributed by atoms with Crippen LogP contribution in [0.5, 0.6) is 11.5 Å². The Hall–Kier alpha value is -6.36. The topological polar surface area (TPSA) is 195 Å². The molecule has 276 valence electrons. The zero-order chi connectivity index (χ0) is 37.4. The number of aldehydes is 1. The smallest absolute Gasteiger partial charge is 0.337 e. The first kappa shape index (κ1) is 36.0. The molecule has 0 saturated carbocycles. The van der Waals surface area contributed by atoms with Gasteiger partial charge in [0.25, 0.3) is 0 Å². The average molecular weight is 733 g/mol. The van der Waals surface area contributed by atoms with Gasteiger partial charge < -0.3 is 39.0 Å². The largest absolute Gasteiger partial charge is 0.508 e. The lowest BCUT2D eigenvalue weighted by Gasteiger charge is -2.28. The third-order valence-corrected chi connectivity index (χ3v) is 8.60. The van der Waals surface area contributed by atoms with E-state index in [0.717, 1.165) is 30.8 Å². The number of ether oxygens (including phenoxy) is 4. The molecule has 0 radical (unpaired) electrons. The van der Waals surface area contributed by atoms with E-state index in [9.17, 15) is 19.8 Å². The number of hydrogen-bond donors (Lipinski definition) is 2. The lowest BCUT2D eigenvalue weighted by molar-refractivity contribution is 0.0511. The number of pyridine rings is 2. The third kappa shape index (κ3) is 8.15. The maximum atomic E-state index is 11.3. The van der Waals surface area contributed by atoms with Crippen molar-refractivity contribution in [3.05, 3.63) is 84.2 Å². The van der Waals surface area contributed by atoms with Gasteiger partial charge in [0.05, 0.1) is 43.0 Å². The molecule has 0 unspecified atom stereocenters. The fourth-order valence-corrected chi connectivity index (χ4v) is 5.95. The van der Waals surface area contributed by atoms with Crippen LogP contribution in [0, 0.1) is 0 Å². The van der Waals surface area contributed by atoms with Crippen molar-refractivity contribution in [2.24, 2.45) is 0 Å². The summed E-state index contributed by atoms with van der Waals surface area (Å²) in [6.45, 7) is 5.36. The quantitative estimate of drug-likeness (QED) is 0.158. The van der Waals surface area contributed by atoms with Gasteiger partial charge in [-0.15, -0.1) is 0 Å². The molecule has 16 heteroatoms. The third-order valence-electron chi connectivity index (χ3n) is 8.60. The van der Waals surface area contributed by atoms with Crippen LogP contribution in [0.2, 0.25) is 0 Å². The number of hydrogen-bond acceptors (Lipinski definition) is 15. The number of aromatic hydroxyl groups is 1. The molecule has 2 aromatic carbocycles. The summed E-state index contributed by atoms with van der Waals surface area (Å²) in [7, 11) is 1.57. The Bertz CT molecular complexity index is 2300. The molecule has 0 amide bonds. The van der Waals surface area contributed by atoms with E-state index in [4.69, 9.17) is 23.9 Å². The molecule has 8 rings (SSSR count). The Labute approximate surface area is 309 Å². The summed E-state index contributed by atoms with van der Waals surface area (Å²) in [4.78, 5) is 54.0. The van der Waals surface area contributed by atoms with E-state index in [1.54, 1.807) is 43.6 Å². The van der Waals surface area contributed by atoms with Crippen molar-refractivity contribution in [1.29, 1.82) is 0 Å². The van der Waals surface area contributed by atoms with E-state index >= 15 is 0 Å². The molecular weight excluding hydrogens is 696 g/mol. The number of methoxy groups -OCH3 is 1. The zero-order valence-corrected chi connectivity index (χ0v) is 29.3. The Morgan fingerprint density at radius 2 is 1.35 bits per heavy atom. The molecule has 16 nitrogen and oxygen atoms in total. The van der Waals surface area contributed by atoms with E-state index in [1.165, 1.54) is 12.3 Å². The Morgan fingerprint density at radius 1 is 0.778 bits per heavy atom. The normalized spacial score (nSPS) is 14.4. The van der Waals surface area contributed by atoms with Crippen molar-refractivity contribution in [1.82, 2.24) is 29.9 Å². The number of fused-ring (bicyclic) bond motifs is 2. The van der Waals surface area contributed by atoms with Gasteiger partial charge in [-0.2, -0.15) is 0 Å². The molecule has 6 heterocycles. The van der Waals surface area contributed by atoms with Crippen molar-refractivity contribution in [2.75, 3.05) is 76.3 Å². The second-order valence-corrected chi connectivity index (χ2v) is 12.2. The summed E-state index contributed by atoms with van der Waals surface area (Å²) < 4.78 is 21.3. The van der Waals surface area contributed by atoms with Crippen LogP contribution in [-0.2, 0) is 14.2 Å². The van der Waals surface area contributed by atoms with Crippen LogP contribution in [0.3, 0.4) is 0 Å². The molecule has 2 N–H and O–H groups in total. The number of benzene rings is 2. The molecule has 4 aromatic heterocycles. The monoisotopic (exact) mass is 732 g/mol. The summed E-state index contributed by atoms with van der Waals surface area (Å²) in [6, 6.07) is 17.4. The number of carbonyl (C=O) groups excluding carboxylic acids is 1. The SMILES string of the molecule is COCOc1cccc(-c2nc(N3CCOCC3)c3ncc(C=O)cc3n2)c1.O=C(O)c1cnc2c(N3CCOCC3)nc(-c3cccc(O)c3)nc2c1. The number of carboxylic acids is 1. The Morgan fingerprint density at radius 3 is 1.93 bits per heavy atom. The molecule has 2 fully saturated rings. The standard InChI is InChI=1S/C20H20N4O4.C18H16N4O4/c1-26-13-28-16-4-2-3-15(10-16)19-22-17-9-14(12-25)11-21-18(17)20(23-19)24-5-7-27-8-6-24;23-13-3-1-2-11(8-13)16-20-14-9-12(18(24)25)10-19-15(14)17(21-16)22-4-6-26-7-5-22/h2-4,9-12H,5-8,13H2,1H3;1-3,8-10,23H,4-7H2,(H,24,25). The molecule has 0 bridgehead atoms. The van der Waals surface area contributed by atoms with Gasteiger partial charge in [0.2, 0.25) is 0 Å². The Kier molecular flexibility index (Phi) is 11.0. The fraction of sp³-hybridized carbons (Fsp3) is 0.263. The lowest BCUT2D eigenvalue weighted by atomic mass is 10.2. The molecule has 0 atom stereocenters. The number of anilines is 2. The number of phenolic OH excluding ortho intramolecular Hbond substituents is 1. The molecular formula is C38H36N8O8. The maximum Gasteiger partial charge on any atom is 0.337 e. The highest BCUT2D eigenvalue weighted by Gasteiger charge is 2.21. The number of morpholine rings is 2. The highest BCUT2D eigenvalue weighted by molar-refractivity contribution is 5.95.